The first kappa shape index (κ1) is 16.2. The molecule has 1 aliphatic rings. The number of aromatic hydroxyl groups is 1. The molecule has 1 fully saturated rings. The minimum absolute atomic E-state index is 0.290. The lowest BCUT2D eigenvalue weighted by molar-refractivity contribution is 0.459. The minimum Gasteiger partial charge on any atom is -0.506 e. The standard InChI is InChI=1S/C14H12Br3NOS2/c15-8-6-9(11(19)10(16)7-8)12-13(17)21-14(20-12)18-4-2-1-3-5-18/h6-7H,1-5H2/p+1. The molecule has 0 atom stereocenters. The Morgan fingerprint density at radius 2 is 1.71 bits per heavy atom. The van der Waals surface area contributed by atoms with Gasteiger partial charge in [-0.25, -0.2) is 4.58 Å². The van der Waals surface area contributed by atoms with Crippen LogP contribution >= 0.6 is 70.5 Å². The fraction of sp³-hybridized carbons (Fsp3) is 0.357. The molecular formula is C14H13Br3NOS2+. The van der Waals surface area contributed by atoms with E-state index in [-0.39, 0.29) is 5.75 Å². The Kier molecular flexibility index (Phi) is 5.26. The fourth-order valence-corrected chi connectivity index (χ4v) is 7.26. The summed E-state index contributed by atoms with van der Waals surface area (Å²) in [5.74, 6) is 0.290. The molecule has 1 aliphatic heterocycles. The second-order valence-electron chi connectivity index (χ2n) is 4.90. The van der Waals surface area contributed by atoms with Crippen LogP contribution in [0.25, 0.3) is 10.4 Å². The van der Waals surface area contributed by atoms with Gasteiger partial charge in [0.25, 0.3) is 0 Å². The van der Waals surface area contributed by atoms with E-state index < -0.39 is 0 Å². The summed E-state index contributed by atoms with van der Waals surface area (Å²) in [7, 11) is 0. The number of piperidine rings is 1. The van der Waals surface area contributed by atoms with Crippen molar-refractivity contribution in [3.63, 3.8) is 0 Å². The predicted molar refractivity (Wildman–Crippen MR) is 101 cm³/mol. The Balaban J connectivity index is 2.14. The number of hydrogen-bond acceptors (Lipinski definition) is 3. The number of phenols is 1. The van der Waals surface area contributed by atoms with Crippen LogP contribution in [0.2, 0.25) is 0 Å². The molecule has 7 heteroatoms. The molecule has 2 heterocycles. The van der Waals surface area contributed by atoms with Gasteiger partial charge in [0.2, 0.25) is 0 Å². The van der Waals surface area contributed by atoms with E-state index >= 15 is 0 Å². The maximum atomic E-state index is 10.3. The van der Waals surface area contributed by atoms with Crippen LogP contribution in [-0.4, -0.2) is 18.2 Å². The van der Waals surface area contributed by atoms with E-state index in [1.807, 2.05) is 12.1 Å². The maximum Gasteiger partial charge on any atom is 0.315 e. The summed E-state index contributed by atoms with van der Waals surface area (Å²) in [4.78, 5) is 1.08. The highest BCUT2D eigenvalue weighted by molar-refractivity contribution is 9.11. The van der Waals surface area contributed by atoms with Crippen molar-refractivity contribution in [1.82, 2.24) is 4.58 Å². The summed E-state index contributed by atoms with van der Waals surface area (Å²) in [5.41, 5.74) is 0.854. The molecular weight excluding hydrogens is 502 g/mol. The van der Waals surface area contributed by atoms with Gasteiger partial charge in [0.1, 0.15) is 18.8 Å². The van der Waals surface area contributed by atoms with Gasteiger partial charge in [-0.15, -0.1) is 0 Å². The zero-order valence-electron chi connectivity index (χ0n) is 11.0. The van der Waals surface area contributed by atoms with Crippen molar-refractivity contribution in [3.05, 3.63) is 28.8 Å². The lowest BCUT2D eigenvalue weighted by Gasteiger charge is -2.07. The first-order valence-corrected chi connectivity index (χ1v) is 10.6. The number of rotatable bonds is 1. The van der Waals surface area contributed by atoms with Gasteiger partial charge in [-0.2, -0.15) is 0 Å². The summed E-state index contributed by atoms with van der Waals surface area (Å²) in [5, 5.41) is 10.3. The van der Waals surface area contributed by atoms with Crippen molar-refractivity contribution < 1.29 is 5.11 Å². The smallest absolute Gasteiger partial charge is 0.315 e. The molecule has 1 aromatic carbocycles. The molecule has 1 aromatic heterocycles. The van der Waals surface area contributed by atoms with Gasteiger partial charge in [-0.3, -0.25) is 0 Å². The molecule has 0 bridgehead atoms. The highest BCUT2D eigenvalue weighted by Gasteiger charge is 2.20. The average molecular weight is 515 g/mol. The number of benzene rings is 1. The van der Waals surface area contributed by atoms with Crippen LogP contribution in [0, 0.1) is 0 Å². The van der Waals surface area contributed by atoms with Crippen LogP contribution in [0.15, 0.2) is 24.9 Å². The van der Waals surface area contributed by atoms with Crippen LogP contribution < -0.4 is 8.56 Å². The van der Waals surface area contributed by atoms with Crippen molar-refractivity contribution in [2.45, 2.75) is 19.3 Å². The van der Waals surface area contributed by atoms with Crippen LogP contribution in [-0.2, 0) is 0 Å². The first-order valence-electron chi connectivity index (χ1n) is 6.62. The molecule has 1 N–H and O–H groups in total. The van der Waals surface area contributed by atoms with Gasteiger partial charge in [0.15, 0.2) is 0 Å². The molecule has 1 saturated heterocycles. The van der Waals surface area contributed by atoms with E-state index in [1.165, 1.54) is 23.2 Å². The number of halogens is 3. The molecule has 0 amide bonds. The van der Waals surface area contributed by atoms with Gasteiger partial charge >= 0.3 is 3.98 Å². The Morgan fingerprint density at radius 1 is 1.00 bits per heavy atom. The van der Waals surface area contributed by atoms with E-state index in [4.69, 9.17) is 0 Å². The molecule has 112 valence electrons. The van der Waals surface area contributed by atoms with Gasteiger partial charge in [-0.1, -0.05) is 27.3 Å². The topological polar surface area (TPSA) is 23.2 Å². The Bertz CT molecular complexity index is 743. The average Bonchev–Trinajstić information content (AvgIpc) is 2.86. The zero-order chi connectivity index (χ0) is 15.0. The van der Waals surface area contributed by atoms with Crippen LogP contribution in [0.5, 0.6) is 5.75 Å². The number of phenolic OH excluding ortho intramolecular Hbond substituents is 1. The fourth-order valence-electron chi connectivity index (χ4n) is 2.38. The number of hydrogen-bond donors (Lipinski definition) is 1. The maximum absolute atomic E-state index is 10.3. The van der Waals surface area contributed by atoms with Crippen molar-refractivity contribution in [2.75, 3.05) is 13.1 Å². The van der Waals surface area contributed by atoms with E-state index in [1.54, 1.807) is 22.7 Å². The Labute approximate surface area is 156 Å². The van der Waals surface area contributed by atoms with Gasteiger partial charge in [0.05, 0.1) is 13.1 Å². The second-order valence-corrected chi connectivity index (χ2v) is 10.2. The lowest BCUT2D eigenvalue weighted by atomic mass is 10.2. The quantitative estimate of drug-likeness (QED) is 0.504. The van der Waals surface area contributed by atoms with Crippen molar-refractivity contribution in [2.24, 2.45) is 0 Å². The third kappa shape index (κ3) is 3.47. The van der Waals surface area contributed by atoms with Crippen LogP contribution in [0.3, 0.4) is 0 Å². The zero-order valence-corrected chi connectivity index (χ0v) is 17.4. The van der Waals surface area contributed by atoms with Crippen LogP contribution in [0.1, 0.15) is 19.3 Å². The van der Waals surface area contributed by atoms with Crippen LogP contribution in [0.4, 0.5) is 0 Å². The molecule has 21 heavy (non-hydrogen) atoms. The van der Waals surface area contributed by atoms with Gasteiger partial charge < -0.3 is 5.11 Å². The number of nitrogens with zero attached hydrogens (tertiary/aromatic N) is 1. The summed E-state index contributed by atoms with van der Waals surface area (Å²) < 4.78 is 6.50. The Hall–Kier alpha value is 0.310. The molecule has 0 radical (unpaired) electrons. The van der Waals surface area contributed by atoms with E-state index in [0.717, 1.165) is 31.8 Å². The van der Waals surface area contributed by atoms with E-state index in [2.05, 4.69) is 52.4 Å². The predicted octanol–water partition coefficient (Wildman–Crippen LogP) is 5.43. The normalized spacial score (nSPS) is 15.5. The molecule has 0 unspecified atom stereocenters. The molecule has 0 aliphatic carbocycles. The highest BCUT2D eigenvalue weighted by atomic mass is 79.9. The summed E-state index contributed by atoms with van der Waals surface area (Å²) in [6.07, 6.45) is 3.87. The lowest BCUT2D eigenvalue weighted by Crippen LogP contribution is -2.31. The summed E-state index contributed by atoms with van der Waals surface area (Å²) >= 11 is 14.1. The van der Waals surface area contributed by atoms with Gasteiger partial charge in [0, 0.05) is 22.9 Å². The van der Waals surface area contributed by atoms with Crippen molar-refractivity contribution in [3.8, 4) is 16.2 Å². The summed E-state index contributed by atoms with van der Waals surface area (Å²) in [6.45, 7) is 2.27. The second kappa shape index (κ2) is 6.83. The molecule has 0 spiro atoms. The Morgan fingerprint density at radius 3 is 2.43 bits per heavy atom. The van der Waals surface area contributed by atoms with Crippen molar-refractivity contribution >= 4 is 70.5 Å². The first-order chi connectivity index (χ1) is 10.1. The minimum atomic E-state index is 0.290. The van der Waals surface area contributed by atoms with Crippen molar-refractivity contribution in [1.29, 1.82) is 0 Å². The van der Waals surface area contributed by atoms with Gasteiger partial charge in [-0.05, 0) is 61.8 Å². The monoisotopic (exact) mass is 512 g/mol. The molecule has 0 saturated carbocycles. The largest absolute Gasteiger partial charge is 0.506 e. The molecule has 3 rings (SSSR count). The van der Waals surface area contributed by atoms with E-state index in [9.17, 15) is 5.11 Å². The SMILES string of the molecule is Oc1c(Br)cc(Br)cc1-c1sc(=[N+]2CCCCC2)sc1Br. The molecule has 2 aromatic rings. The molecule has 2 nitrogen and oxygen atoms in total. The third-order valence-electron chi connectivity index (χ3n) is 3.43. The third-order valence-corrected chi connectivity index (χ3v) is 8.15. The summed E-state index contributed by atoms with van der Waals surface area (Å²) in [6, 6.07) is 3.82. The van der Waals surface area contributed by atoms with E-state index in [0.29, 0.717) is 4.47 Å². The highest BCUT2D eigenvalue weighted by Crippen LogP contribution is 2.43.